The van der Waals surface area contributed by atoms with E-state index in [0.29, 0.717) is 6.61 Å². The lowest BCUT2D eigenvalue weighted by atomic mass is 10.2. The second-order valence-corrected chi connectivity index (χ2v) is 4.28. The molecule has 82 valence electrons. The number of aryl methyl sites for hydroxylation is 1. The van der Waals surface area contributed by atoms with Crippen molar-refractivity contribution in [3.8, 4) is 0 Å². The van der Waals surface area contributed by atoms with Gasteiger partial charge in [0.15, 0.2) is 5.79 Å². The Morgan fingerprint density at radius 2 is 2.27 bits per heavy atom. The summed E-state index contributed by atoms with van der Waals surface area (Å²) in [5.74, 6) is -0.522. The third kappa shape index (κ3) is 2.11. The van der Waals surface area contributed by atoms with Crippen LogP contribution in [-0.4, -0.2) is 17.4 Å². The monoisotopic (exact) mass is 208 g/mol. The number of anilines is 1. The summed E-state index contributed by atoms with van der Waals surface area (Å²) in [6, 6.07) is 1.85. The van der Waals surface area contributed by atoms with Gasteiger partial charge in [-0.25, -0.2) is 0 Å². The van der Waals surface area contributed by atoms with Crippen LogP contribution in [0.15, 0.2) is 12.3 Å². The van der Waals surface area contributed by atoms with Gasteiger partial charge in [-0.05, 0) is 32.4 Å². The van der Waals surface area contributed by atoms with Gasteiger partial charge in [0.1, 0.15) is 6.10 Å². The Morgan fingerprint density at radius 1 is 1.53 bits per heavy atom. The van der Waals surface area contributed by atoms with Crippen molar-refractivity contribution in [2.75, 3.05) is 12.3 Å². The molecule has 1 saturated heterocycles. The predicted molar refractivity (Wildman–Crippen MR) is 57.2 cm³/mol. The molecule has 0 bridgehead atoms. The maximum Gasteiger partial charge on any atom is 0.163 e. The van der Waals surface area contributed by atoms with Crippen molar-refractivity contribution in [3.05, 3.63) is 23.5 Å². The van der Waals surface area contributed by atoms with Gasteiger partial charge in [0.05, 0.1) is 12.3 Å². The van der Waals surface area contributed by atoms with E-state index in [-0.39, 0.29) is 6.10 Å². The highest BCUT2D eigenvalue weighted by Crippen LogP contribution is 2.32. The molecule has 0 amide bonds. The van der Waals surface area contributed by atoms with Crippen molar-refractivity contribution >= 4 is 5.69 Å². The normalized spacial score (nSPS) is 24.3. The van der Waals surface area contributed by atoms with Gasteiger partial charge >= 0.3 is 0 Å². The Kier molecular flexibility index (Phi) is 2.40. The summed E-state index contributed by atoms with van der Waals surface area (Å²) in [6.07, 6.45) is 1.65. The van der Waals surface area contributed by atoms with Crippen molar-refractivity contribution in [1.82, 2.24) is 4.98 Å². The number of nitrogen functional groups attached to an aromatic ring is 1. The Balaban J connectivity index is 2.21. The molecule has 0 radical (unpaired) electrons. The molecular weight excluding hydrogens is 192 g/mol. The summed E-state index contributed by atoms with van der Waals surface area (Å²) in [7, 11) is 0. The molecule has 0 unspecified atom stereocenters. The van der Waals surface area contributed by atoms with Crippen LogP contribution in [0.4, 0.5) is 5.69 Å². The minimum atomic E-state index is -0.522. The van der Waals surface area contributed by atoms with Gasteiger partial charge in [-0.15, -0.1) is 0 Å². The van der Waals surface area contributed by atoms with Crippen LogP contribution in [0, 0.1) is 6.92 Å². The van der Waals surface area contributed by atoms with Crippen molar-refractivity contribution in [2.24, 2.45) is 0 Å². The molecule has 4 nitrogen and oxygen atoms in total. The molecule has 1 fully saturated rings. The van der Waals surface area contributed by atoms with Crippen molar-refractivity contribution in [1.29, 1.82) is 0 Å². The zero-order valence-electron chi connectivity index (χ0n) is 9.28. The van der Waals surface area contributed by atoms with Gasteiger partial charge in [0.2, 0.25) is 0 Å². The van der Waals surface area contributed by atoms with Gasteiger partial charge in [0, 0.05) is 11.9 Å². The molecule has 1 atom stereocenters. The van der Waals surface area contributed by atoms with E-state index in [1.165, 1.54) is 0 Å². The van der Waals surface area contributed by atoms with Crippen LogP contribution in [0.2, 0.25) is 0 Å². The number of aromatic nitrogens is 1. The number of rotatable bonds is 1. The fourth-order valence-electron chi connectivity index (χ4n) is 1.57. The van der Waals surface area contributed by atoms with Crippen LogP contribution in [-0.2, 0) is 9.47 Å². The molecule has 0 aromatic carbocycles. The van der Waals surface area contributed by atoms with E-state index in [0.717, 1.165) is 16.9 Å². The molecule has 4 heteroatoms. The summed E-state index contributed by atoms with van der Waals surface area (Å²) in [5.41, 5.74) is 8.38. The van der Waals surface area contributed by atoms with E-state index in [1.54, 1.807) is 6.20 Å². The van der Waals surface area contributed by atoms with E-state index >= 15 is 0 Å². The molecule has 0 spiro atoms. The van der Waals surface area contributed by atoms with Crippen molar-refractivity contribution < 1.29 is 9.47 Å². The molecule has 15 heavy (non-hydrogen) atoms. The fourth-order valence-corrected chi connectivity index (χ4v) is 1.57. The van der Waals surface area contributed by atoms with E-state index in [2.05, 4.69) is 4.98 Å². The molecule has 2 heterocycles. The first-order chi connectivity index (χ1) is 6.98. The maximum absolute atomic E-state index is 5.82. The molecule has 0 saturated carbocycles. The molecule has 2 rings (SSSR count). The first-order valence-electron chi connectivity index (χ1n) is 5.02. The molecule has 1 aromatic rings. The molecule has 1 aromatic heterocycles. The van der Waals surface area contributed by atoms with E-state index < -0.39 is 5.79 Å². The Labute approximate surface area is 89.4 Å². The van der Waals surface area contributed by atoms with Crippen LogP contribution >= 0.6 is 0 Å². The third-order valence-electron chi connectivity index (χ3n) is 2.50. The van der Waals surface area contributed by atoms with E-state index in [1.807, 2.05) is 26.8 Å². The Morgan fingerprint density at radius 3 is 2.80 bits per heavy atom. The quantitative estimate of drug-likeness (QED) is 0.764. The fraction of sp³-hybridized carbons (Fsp3) is 0.545. The number of nitrogens with two attached hydrogens (primary N) is 1. The third-order valence-corrected chi connectivity index (χ3v) is 2.50. The SMILES string of the molecule is Cc1cnc([C@@H]2COC(C)(C)O2)cc1N. The Hall–Kier alpha value is -1.13. The highest BCUT2D eigenvalue weighted by atomic mass is 16.7. The molecule has 1 aliphatic rings. The van der Waals surface area contributed by atoms with Crippen LogP contribution in [0.5, 0.6) is 0 Å². The number of ether oxygens (including phenoxy) is 2. The summed E-state index contributed by atoms with van der Waals surface area (Å²) in [4.78, 5) is 4.30. The number of hydrogen-bond acceptors (Lipinski definition) is 4. The average molecular weight is 208 g/mol. The first kappa shape index (κ1) is 10.4. The highest BCUT2D eigenvalue weighted by Gasteiger charge is 2.34. The van der Waals surface area contributed by atoms with Gasteiger partial charge < -0.3 is 15.2 Å². The summed E-state index contributed by atoms with van der Waals surface area (Å²) in [6.45, 7) is 6.25. The van der Waals surface area contributed by atoms with Crippen molar-refractivity contribution in [3.63, 3.8) is 0 Å². The average Bonchev–Trinajstić information content (AvgIpc) is 2.51. The van der Waals surface area contributed by atoms with Gasteiger partial charge in [0.25, 0.3) is 0 Å². The maximum atomic E-state index is 5.82. The topological polar surface area (TPSA) is 57.4 Å². The molecular formula is C11H16N2O2. The van der Waals surface area contributed by atoms with Gasteiger partial charge in [-0.3, -0.25) is 4.98 Å². The summed E-state index contributed by atoms with van der Waals surface area (Å²) >= 11 is 0. The number of hydrogen-bond donors (Lipinski definition) is 1. The summed E-state index contributed by atoms with van der Waals surface area (Å²) < 4.78 is 11.2. The Bertz CT molecular complexity index is 377. The number of nitrogens with zero attached hydrogens (tertiary/aromatic N) is 1. The largest absolute Gasteiger partial charge is 0.398 e. The molecule has 1 aliphatic heterocycles. The van der Waals surface area contributed by atoms with E-state index in [9.17, 15) is 0 Å². The number of pyridine rings is 1. The van der Waals surface area contributed by atoms with Gasteiger partial charge in [-0.2, -0.15) is 0 Å². The predicted octanol–water partition coefficient (Wildman–Crippen LogP) is 1.80. The highest BCUT2D eigenvalue weighted by molar-refractivity contribution is 5.45. The zero-order valence-corrected chi connectivity index (χ0v) is 9.28. The first-order valence-corrected chi connectivity index (χ1v) is 5.02. The van der Waals surface area contributed by atoms with Crippen LogP contribution in [0.3, 0.4) is 0 Å². The van der Waals surface area contributed by atoms with E-state index in [4.69, 9.17) is 15.2 Å². The van der Waals surface area contributed by atoms with Crippen molar-refractivity contribution in [2.45, 2.75) is 32.7 Å². The zero-order chi connectivity index (χ0) is 11.1. The second kappa shape index (κ2) is 3.47. The lowest BCUT2D eigenvalue weighted by Gasteiger charge is -2.17. The second-order valence-electron chi connectivity index (χ2n) is 4.28. The van der Waals surface area contributed by atoms with Crippen LogP contribution < -0.4 is 5.73 Å². The van der Waals surface area contributed by atoms with Crippen LogP contribution in [0.1, 0.15) is 31.2 Å². The minimum absolute atomic E-state index is 0.108. The standard InChI is InChI=1S/C11H16N2O2/c1-7-5-13-9(4-8(7)12)10-6-14-11(2,3)15-10/h4-5,10H,6H2,1-3H3,(H2,12,13)/t10-/m0/s1. The van der Waals surface area contributed by atoms with Crippen LogP contribution in [0.25, 0.3) is 0 Å². The lowest BCUT2D eigenvalue weighted by Crippen LogP contribution is -2.19. The molecule has 2 N–H and O–H groups in total. The summed E-state index contributed by atoms with van der Waals surface area (Å²) in [5, 5.41) is 0. The smallest absolute Gasteiger partial charge is 0.163 e. The minimum Gasteiger partial charge on any atom is -0.398 e. The molecule has 0 aliphatic carbocycles. The van der Waals surface area contributed by atoms with Gasteiger partial charge in [-0.1, -0.05) is 0 Å². The lowest BCUT2D eigenvalue weighted by molar-refractivity contribution is -0.139.